The fourth-order valence-electron chi connectivity index (χ4n) is 6.68. The molecule has 0 bridgehead atoms. The Balaban J connectivity index is 1.43. The van der Waals surface area contributed by atoms with Crippen molar-refractivity contribution in [2.75, 3.05) is 19.6 Å². The van der Waals surface area contributed by atoms with Gasteiger partial charge in [-0.2, -0.15) is 0 Å². The van der Waals surface area contributed by atoms with Crippen LogP contribution in [0.2, 0.25) is 0 Å². The van der Waals surface area contributed by atoms with E-state index >= 15 is 0 Å². The number of thiazole rings is 1. The van der Waals surface area contributed by atoms with Gasteiger partial charge in [0.2, 0.25) is 5.91 Å². The highest BCUT2D eigenvalue weighted by Gasteiger charge is 2.30. The van der Waals surface area contributed by atoms with Gasteiger partial charge in [-0.3, -0.25) is 19.3 Å². The molecule has 2 fully saturated rings. The zero-order valence-corrected chi connectivity index (χ0v) is 27.6. The molecule has 0 unspecified atom stereocenters. The van der Waals surface area contributed by atoms with Crippen LogP contribution in [0, 0.1) is 11.8 Å². The van der Waals surface area contributed by atoms with Crippen molar-refractivity contribution in [3.05, 3.63) is 40.9 Å². The topological polar surface area (TPSA) is 79.4 Å². The van der Waals surface area contributed by atoms with Gasteiger partial charge in [0.1, 0.15) is 5.78 Å². The molecule has 1 aromatic heterocycles. The van der Waals surface area contributed by atoms with E-state index in [-0.39, 0.29) is 29.9 Å². The molecule has 0 radical (unpaired) electrons. The average Bonchev–Trinajstić information content (AvgIpc) is 3.41. The average molecular weight is 608 g/mol. The number of likely N-dealkylation sites (tertiary alicyclic amines) is 1. The van der Waals surface area contributed by atoms with Crippen LogP contribution in [0.15, 0.2) is 30.4 Å². The number of Topliss-reactive ketones (excluding diaryl/α,β-unsaturated/α-hetero) is 1. The van der Waals surface area contributed by atoms with Gasteiger partial charge in [0.15, 0.2) is 5.78 Å². The summed E-state index contributed by atoms with van der Waals surface area (Å²) in [5.41, 5.74) is 2.23. The van der Waals surface area contributed by atoms with Crippen molar-refractivity contribution in [3.8, 4) is 0 Å². The minimum atomic E-state index is -0.449. The number of benzene rings is 1. The maximum Gasteiger partial charge on any atom is 0.224 e. The van der Waals surface area contributed by atoms with Crippen LogP contribution < -0.4 is 5.32 Å². The van der Waals surface area contributed by atoms with Crippen molar-refractivity contribution in [1.29, 1.82) is 0 Å². The Hall–Kier alpha value is -2.38. The second-order valence-electron chi connectivity index (χ2n) is 13.2. The van der Waals surface area contributed by atoms with Gasteiger partial charge < -0.3 is 5.32 Å². The largest absolute Gasteiger partial charge is 0.353 e. The number of piperidine rings is 1. The second-order valence-corrected chi connectivity index (χ2v) is 14.3. The third kappa shape index (κ3) is 10.6. The van der Waals surface area contributed by atoms with Crippen LogP contribution in [0.3, 0.4) is 0 Å². The molecule has 7 heteroatoms. The lowest BCUT2D eigenvalue weighted by molar-refractivity contribution is -0.130. The maximum atomic E-state index is 13.9. The van der Waals surface area contributed by atoms with E-state index in [1.807, 2.05) is 13.0 Å². The predicted molar refractivity (Wildman–Crippen MR) is 178 cm³/mol. The number of rotatable bonds is 16. The summed E-state index contributed by atoms with van der Waals surface area (Å²) in [4.78, 5) is 46.8. The summed E-state index contributed by atoms with van der Waals surface area (Å²) in [6.07, 6.45) is 16.4. The number of nitrogens with one attached hydrogen (secondary N) is 1. The van der Waals surface area contributed by atoms with Gasteiger partial charge in [0, 0.05) is 38.3 Å². The van der Waals surface area contributed by atoms with Crippen LogP contribution in [0.4, 0.5) is 0 Å². The quantitative estimate of drug-likeness (QED) is 0.197. The Kier molecular flexibility index (Phi) is 13.4. The SMILES string of the molecule is CCCC(=O)C[C@@H](Cc1nc2ccc(C(C)C)cc2s1)C(=O)N[C@H](CCC(=O)/C=C/CN1CCCCC1)C1CCCCC1. The third-order valence-electron chi connectivity index (χ3n) is 9.28. The van der Waals surface area contributed by atoms with Crippen LogP contribution in [-0.2, 0) is 20.8 Å². The van der Waals surface area contributed by atoms with Crippen molar-refractivity contribution in [3.63, 3.8) is 0 Å². The van der Waals surface area contributed by atoms with Crippen LogP contribution in [0.1, 0.15) is 121 Å². The molecule has 2 aliphatic rings. The molecule has 1 aromatic carbocycles. The molecule has 4 rings (SSSR count). The number of fused-ring (bicyclic) bond motifs is 1. The smallest absolute Gasteiger partial charge is 0.224 e. The molecule has 43 heavy (non-hydrogen) atoms. The number of amides is 1. The first-order valence-electron chi connectivity index (χ1n) is 17.0. The third-order valence-corrected chi connectivity index (χ3v) is 10.3. The van der Waals surface area contributed by atoms with E-state index in [2.05, 4.69) is 42.3 Å². The Labute approximate surface area is 263 Å². The van der Waals surface area contributed by atoms with Crippen molar-refractivity contribution >= 4 is 39.0 Å². The molecule has 236 valence electrons. The fourth-order valence-corrected chi connectivity index (χ4v) is 7.77. The zero-order chi connectivity index (χ0) is 30.6. The van der Waals surface area contributed by atoms with Gasteiger partial charge in [-0.1, -0.05) is 58.6 Å². The summed E-state index contributed by atoms with van der Waals surface area (Å²) in [7, 11) is 0. The molecular weight excluding hydrogens is 554 g/mol. The molecule has 6 nitrogen and oxygen atoms in total. The number of nitrogens with zero attached hydrogens (tertiary/aromatic N) is 2. The van der Waals surface area contributed by atoms with Crippen LogP contribution in [-0.4, -0.2) is 53.0 Å². The summed E-state index contributed by atoms with van der Waals surface area (Å²) < 4.78 is 1.13. The Bertz CT molecular complexity index is 1220. The first kappa shape index (κ1) is 33.5. The number of hydrogen-bond donors (Lipinski definition) is 1. The molecule has 1 saturated carbocycles. The highest BCUT2D eigenvalue weighted by molar-refractivity contribution is 7.18. The molecule has 1 saturated heterocycles. The molecular formula is C36H53N3O3S. The maximum absolute atomic E-state index is 13.9. The van der Waals surface area contributed by atoms with E-state index in [4.69, 9.17) is 4.98 Å². The van der Waals surface area contributed by atoms with Gasteiger partial charge in [0.05, 0.1) is 21.1 Å². The summed E-state index contributed by atoms with van der Waals surface area (Å²) in [6.45, 7) is 9.45. The van der Waals surface area contributed by atoms with Crippen LogP contribution in [0.5, 0.6) is 0 Å². The summed E-state index contributed by atoms with van der Waals surface area (Å²) in [5, 5.41) is 4.28. The van der Waals surface area contributed by atoms with Gasteiger partial charge in [-0.05, 0) is 87.2 Å². The van der Waals surface area contributed by atoms with Gasteiger partial charge in [0.25, 0.3) is 0 Å². The lowest BCUT2D eigenvalue weighted by Gasteiger charge is -2.32. The zero-order valence-electron chi connectivity index (χ0n) is 26.7. The fraction of sp³-hybridized carbons (Fsp3) is 0.667. The molecule has 2 atom stereocenters. The molecule has 1 N–H and O–H groups in total. The first-order chi connectivity index (χ1) is 20.8. The lowest BCUT2D eigenvalue weighted by Crippen LogP contribution is -2.45. The number of allylic oxidation sites excluding steroid dienone is 1. The van der Waals surface area contributed by atoms with Crippen molar-refractivity contribution in [1.82, 2.24) is 15.2 Å². The minimum Gasteiger partial charge on any atom is -0.353 e. The normalized spacial score (nSPS) is 18.3. The number of ketones is 2. The molecule has 2 aromatic rings. The molecule has 0 spiro atoms. The van der Waals surface area contributed by atoms with Gasteiger partial charge >= 0.3 is 0 Å². The number of carbonyl (C=O) groups is 3. The van der Waals surface area contributed by atoms with Crippen molar-refractivity contribution in [2.45, 2.75) is 123 Å². The van der Waals surface area contributed by atoms with E-state index in [9.17, 15) is 14.4 Å². The van der Waals surface area contributed by atoms with E-state index in [0.717, 1.165) is 54.1 Å². The van der Waals surface area contributed by atoms with Crippen molar-refractivity contribution in [2.24, 2.45) is 11.8 Å². The Morgan fingerprint density at radius 2 is 1.79 bits per heavy atom. The van der Waals surface area contributed by atoms with Gasteiger partial charge in [-0.25, -0.2) is 4.98 Å². The molecule has 1 aliphatic carbocycles. The van der Waals surface area contributed by atoms with E-state index < -0.39 is 5.92 Å². The highest BCUT2D eigenvalue weighted by Crippen LogP contribution is 2.31. The Morgan fingerprint density at radius 1 is 1.05 bits per heavy atom. The van der Waals surface area contributed by atoms with E-state index in [1.165, 1.54) is 44.1 Å². The summed E-state index contributed by atoms with van der Waals surface area (Å²) in [5.74, 6) is 0.581. The van der Waals surface area contributed by atoms with Gasteiger partial charge in [-0.15, -0.1) is 11.3 Å². The minimum absolute atomic E-state index is 0.0417. The Morgan fingerprint density at radius 3 is 2.51 bits per heavy atom. The molecule has 1 amide bonds. The van der Waals surface area contributed by atoms with E-state index in [0.29, 0.717) is 37.5 Å². The van der Waals surface area contributed by atoms with Crippen molar-refractivity contribution < 1.29 is 14.4 Å². The first-order valence-corrected chi connectivity index (χ1v) is 17.8. The highest BCUT2D eigenvalue weighted by atomic mass is 32.1. The lowest BCUT2D eigenvalue weighted by atomic mass is 9.81. The monoisotopic (exact) mass is 607 g/mol. The van der Waals surface area contributed by atoms with E-state index in [1.54, 1.807) is 17.4 Å². The molecule has 1 aliphatic heterocycles. The summed E-state index contributed by atoms with van der Waals surface area (Å²) in [6, 6.07) is 6.36. The molecule has 2 heterocycles. The summed E-state index contributed by atoms with van der Waals surface area (Å²) >= 11 is 1.64. The number of hydrogen-bond acceptors (Lipinski definition) is 6. The number of aromatic nitrogens is 1. The standard InChI is InChI=1S/C36H53N3O3S/c1-4-12-31(41)23-29(25-35-37-33-18-16-28(26(2)3)24-34(33)43-35)36(42)38-32(27-13-7-5-8-14-27)19-17-30(40)15-11-22-39-20-9-6-10-21-39/h11,15-16,18,24,26-27,29,32H,4-10,12-14,17,19-23,25H2,1-3H3,(H,38,42)/b15-11+/t29-,32+/m0/s1. The number of carbonyl (C=O) groups excluding carboxylic acids is 3. The second kappa shape index (κ2) is 17.2. The van der Waals surface area contributed by atoms with Crippen LogP contribution >= 0.6 is 11.3 Å². The predicted octanol–water partition coefficient (Wildman–Crippen LogP) is 7.79. The van der Waals surface area contributed by atoms with Crippen LogP contribution in [0.25, 0.3) is 10.2 Å².